The molecule has 3 heteroatoms. The van der Waals surface area contributed by atoms with Crippen LogP contribution in [0.25, 0.3) is 16.9 Å². The van der Waals surface area contributed by atoms with Crippen molar-refractivity contribution in [3.8, 4) is 11.3 Å². The molecule has 0 saturated carbocycles. The van der Waals surface area contributed by atoms with Gasteiger partial charge < -0.3 is 0 Å². The van der Waals surface area contributed by atoms with Crippen LogP contribution in [0.5, 0.6) is 0 Å². The topological polar surface area (TPSA) is 30.2 Å². The molecule has 0 spiro atoms. The van der Waals surface area contributed by atoms with Gasteiger partial charge in [0.1, 0.15) is 0 Å². The van der Waals surface area contributed by atoms with E-state index < -0.39 is 0 Å². The summed E-state index contributed by atoms with van der Waals surface area (Å²) >= 11 is 0. The van der Waals surface area contributed by atoms with Gasteiger partial charge in [0.05, 0.1) is 17.6 Å². The predicted octanol–water partition coefficient (Wildman–Crippen LogP) is 2.70. The molecule has 0 amide bonds. The molecule has 16 heavy (non-hydrogen) atoms. The van der Waals surface area contributed by atoms with Gasteiger partial charge in [-0.25, -0.2) is 9.50 Å². The maximum absolute atomic E-state index is 4.52. The summed E-state index contributed by atoms with van der Waals surface area (Å²) in [5.74, 6) is 0. The Labute approximate surface area is 93.4 Å². The van der Waals surface area contributed by atoms with E-state index in [-0.39, 0.29) is 0 Å². The van der Waals surface area contributed by atoms with Crippen LogP contribution in [-0.2, 0) is 0 Å². The lowest BCUT2D eigenvalue weighted by Crippen LogP contribution is -1.92. The molecule has 0 radical (unpaired) electrons. The summed E-state index contributed by atoms with van der Waals surface area (Å²) in [6, 6.07) is 14.1. The average Bonchev–Trinajstić information content (AvgIpc) is 2.69. The van der Waals surface area contributed by atoms with Crippen molar-refractivity contribution in [2.45, 2.75) is 6.92 Å². The Morgan fingerprint density at radius 3 is 2.62 bits per heavy atom. The first-order valence-corrected chi connectivity index (χ1v) is 5.21. The Kier molecular flexibility index (Phi) is 1.96. The summed E-state index contributed by atoms with van der Waals surface area (Å²) in [6.07, 6.45) is 1.93. The average molecular weight is 209 g/mol. The van der Waals surface area contributed by atoms with Crippen molar-refractivity contribution in [3.63, 3.8) is 0 Å². The van der Waals surface area contributed by atoms with Crippen molar-refractivity contribution < 1.29 is 0 Å². The minimum absolute atomic E-state index is 0.886. The zero-order valence-electron chi connectivity index (χ0n) is 8.96. The highest BCUT2D eigenvalue weighted by molar-refractivity contribution is 5.60. The molecule has 2 heterocycles. The Morgan fingerprint density at radius 2 is 1.81 bits per heavy atom. The van der Waals surface area contributed by atoms with Crippen LogP contribution in [0.4, 0.5) is 0 Å². The van der Waals surface area contributed by atoms with Crippen molar-refractivity contribution in [1.29, 1.82) is 0 Å². The van der Waals surface area contributed by atoms with Gasteiger partial charge in [-0.1, -0.05) is 30.3 Å². The zero-order valence-corrected chi connectivity index (χ0v) is 8.96. The van der Waals surface area contributed by atoms with Crippen LogP contribution in [0.3, 0.4) is 0 Å². The molecule has 3 rings (SSSR count). The van der Waals surface area contributed by atoms with Crippen LogP contribution >= 0.6 is 0 Å². The molecule has 3 nitrogen and oxygen atoms in total. The van der Waals surface area contributed by atoms with Gasteiger partial charge in [-0.05, 0) is 19.1 Å². The summed E-state index contributed by atoms with van der Waals surface area (Å²) in [6.45, 7) is 1.97. The van der Waals surface area contributed by atoms with E-state index in [1.807, 2.05) is 48.0 Å². The second-order valence-electron chi connectivity index (χ2n) is 3.77. The van der Waals surface area contributed by atoms with Gasteiger partial charge in [0.2, 0.25) is 0 Å². The Morgan fingerprint density at radius 1 is 1.00 bits per heavy atom. The van der Waals surface area contributed by atoms with Gasteiger partial charge in [-0.3, -0.25) is 0 Å². The van der Waals surface area contributed by atoms with Crippen molar-refractivity contribution in [1.82, 2.24) is 14.6 Å². The third-order valence-electron chi connectivity index (χ3n) is 2.51. The highest BCUT2D eigenvalue weighted by atomic mass is 15.2. The van der Waals surface area contributed by atoms with Crippen molar-refractivity contribution in [3.05, 3.63) is 54.4 Å². The Bertz CT molecular complexity index is 626. The number of hydrogen-bond donors (Lipinski definition) is 0. The van der Waals surface area contributed by atoms with Crippen LogP contribution in [0.15, 0.2) is 48.7 Å². The molecule has 1 aromatic carbocycles. The van der Waals surface area contributed by atoms with E-state index in [2.05, 4.69) is 22.2 Å². The summed E-state index contributed by atoms with van der Waals surface area (Å²) in [5, 5.41) is 4.52. The number of rotatable bonds is 1. The quantitative estimate of drug-likeness (QED) is 0.616. The highest BCUT2D eigenvalue weighted by Crippen LogP contribution is 2.16. The van der Waals surface area contributed by atoms with Crippen LogP contribution in [0, 0.1) is 6.92 Å². The van der Waals surface area contributed by atoms with Gasteiger partial charge in [-0.15, -0.1) is 0 Å². The molecule has 0 saturated heterocycles. The first-order chi connectivity index (χ1) is 7.83. The fraction of sp³-hybridized carbons (Fsp3) is 0.0769. The Hall–Kier alpha value is -2.16. The van der Waals surface area contributed by atoms with Crippen LogP contribution in [0.2, 0.25) is 0 Å². The monoisotopic (exact) mass is 209 g/mol. The molecule has 0 unspecified atom stereocenters. The molecule has 0 bridgehead atoms. The van der Waals surface area contributed by atoms with Crippen molar-refractivity contribution >= 4 is 5.65 Å². The van der Waals surface area contributed by atoms with E-state index in [9.17, 15) is 0 Å². The predicted molar refractivity (Wildman–Crippen MR) is 63.2 cm³/mol. The van der Waals surface area contributed by atoms with Gasteiger partial charge in [0.15, 0.2) is 5.65 Å². The first kappa shape index (κ1) is 9.09. The molecule has 78 valence electrons. The van der Waals surface area contributed by atoms with Crippen LogP contribution in [0.1, 0.15) is 5.69 Å². The second-order valence-corrected chi connectivity index (χ2v) is 3.77. The molecule has 0 aliphatic heterocycles. The number of nitrogens with zero attached hydrogens (tertiary/aromatic N) is 3. The van der Waals surface area contributed by atoms with Gasteiger partial charge in [0.25, 0.3) is 0 Å². The van der Waals surface area contributed by atoms with E-state index in [0.29, 0.717) is 0 Å². The molecule has 3 aromatic rings. The third kappa shape index (κ3) is 1.46. The minimum atomic E-state index is 0.886. The summed E-state index contributed by atoms with van der Waals surface area (Å²) in [4.78, 5) is 4.35. The summed E-state index contributed by atoms with van der Waals surface area (Å²) in [5.41, 5.74) is 3.95. The van der Waals surface area contributed by atoms with Gasteiger partial charge in [0, 0.05) is 5.56 Å². The number of benzene rings is 1. The fourth-order valence-corrected chi connectivity index (χ4v) is 1.76. The highest BCUT2D eigenvalue weighted by Gasteiger charge is 2.02. The van der Waals surface area contributed by atoms with Crippen molar-refractivity contribution in [2.75, 3.05) is 0 Å². The van der Waals surface area contributed by atoms with E-state index in [1.165, 1.54) is 0 Å². The number of imidazole rings is 1. The summed E-state index contributed by atoms with van der Waals surface area (Å²) in [7, 11) is 0. The Balaban J connectivity index is 2.18. The number of fused-ring (bicyclic) bond motifs is 1. The fourth-order valence-electron chi connectivity index (χ4n) is 1.76. The maximum atomic E-state index is 4.52. The van der Waals surface area contributed by atoms with Crippen LogP contribution < -0.4 is 0 Å². The molecule has 0 atom stereocenters. The van der Waals surface area contributed by atoms with Gasteiger partial charge in [-0.2, -0.15) is 5.10 Å². The lowest BCUT2D eigenvalue weighted by atomic mass is 10.1. The smallest absolute Gasteiger partial charge is 0.153 e. The third-order valence-corrected chi connectivity index (χ3v) is 2.51. The van der Waals surface area contributed by atoms with E-state index in [1.54, 1.807) is 0 Å². The van der Waals surface area contributed by atoms with Crippen LogP contribution in [-0.4, -0.2) is 14.6 Å². The first-order valence-electron chi connectivity index (χ1n) is 5.21. The van der Waals surface area contributed by atoms with E-state index in [4.69, 9.17) is 0 Å². The SMILES string of the molecule is Cc1cn2nc(-c3ccccc3)ccc2n1. The molecule has 0 aliphatic carbocycles. The van der Waals surface area contributed by atoms with Crippen molar-refractivity contribution in [2.24, 2.45) is 0 Å². The molecular formula is C13H11N3. The van der Waals surface area contributed by atoms with E-state index >= 15 is 0 Å². The zero-order chi connectivity index (χ0) is 11.0. The second kappa shape index (κ2) is 3.45. The molecule has 0 aliphatic rings. The largest absolute Gasteiger partial charge is 0.232 e. The summed E-state index contributed by atoms with van der Waals surface area (Å²) < 4.78 is 1.82. The normalized spacial score (nSPS) is 10.8. The lowest BCUT2D eigenvalue weighted by molar-refractivity contribution is 0.941. The number of aryl methyl sites for hydroxylation is 1. The molecule has 2 aromatic heterocycles. The molecule has 0 fully saturated rings. The molecule has 0 N–H and O–H groups in total. The number of aromatic nitrogens is 3. The van der Waals surface area contributed by atoms with E-state index in [0.717, 1.165) is 22.6 Å². The standard InChI is InChI=1S/C13H11N3/c1-10-9-16-13(14-10)8-7-12(15-16)11-5-3-2-4-6-11/h2-9H,1H3. The van der Waals surface area contributed by atoms with Gasteiger partial charge >= 0.3 is 0 Å². The molecular weight excluding hydrogens is 198 g/mol. The number of hydrogen-bond acceptors (Lipinski definition) is 2. The minimum Gasteiger partial charge on any atom is -0.232 e. The maximum Gasteiger partial charge on any atom is 0.153 e. The lowest BCUT2D eigenvalue weighted by Gasteiger charge is -2.00.